The van der Waals surface area contributed by atoms with Crippen molar-refractivity contribution in [3.63, 3.8) is 0 Å². The predicted molar refractivity (Wildman–Crippen MR) is 88.8 cm³/mol. The first-order valence-corrected chi connectivity index (χ1v) is 8.39. The van der Waals surface area contributed by atoms with E-state index in [1.165, 1.54) is 12.1 Å². The summed E-state index contributed by atoms with van der Waals surface area (Å²) in [5.74, 6) is 0.420. The maximum atomic E-state index is 13.0. The minimum Gasteiger partial charge on any atom is -0.371 e. The highest BCUT2D eigenvalue weighted by Crippen LogP contribution is 2.30. The van der Waals surface area contributed by atoms with E-state index in [0.717, 1.165) is 57.5 Å². The monoisotopic (exact) mass is 317 g/mol. The van der Waals surface area contributed by atoms with Crippen molar-refractivity contribution in [2.45, 2.75) is 32.6 Å². The Morgan fingerprint density at radius 1 is 1.22 bits per heavy atom. The molecule has 0 N–H and O–H groups in total. The van der Waals surface area contributed by atoms with Crippen LogP contribution in [0.4, 0.5) is 11.4 Å². The van der Waals surface area contributed by atoms with E-state index in [1.54, 1.807) is 6.07 Å². The molecule has 1 aromatic rings. The van der Waals surface area contributed by atoms with E-state index in [9.17, 15) is 14.9 Å². The number of carbonyl (C=O) groups excluding carboxylic acids is 1. The average molecular weight is 317 g/mol. The number of benzene rings is 1. The van der Waals surface area contributed by atoms with Gasteiger partial charge in [-0.15, -0.1) is 0 Å². The highest BCUT2D eigenvalue weighted by molar-refractivity contribution is 6.00. The second-order valence-electron chi connectivity index (χ2n) is 6.65. The van der Waals surface area contributed by atoms with Crippen molar-refractivity contribution in [3.8, 4) is 0 Å². The fraction of sp³-hybridized carbons (Fsp3) is 0.588. The second kappa shape index (κ2) is 6.56. The molecule has 1 atom stereocenters. The van der Waals surface area contributed by atoms with Gasteiger partial charge in [-0.1, -0.05) is 6.92 Å². The van der Waals surface area contributed by atoms with Gasteiger partial charge < -0.3 is 9.80 Å². The zero-order chi connectivity index (χ0) is 16.4. The second-order valence-corrected chi connectivity index (χ2v) is 6.65. The Bertz CT molecular complexity index is 611. The van der Waals surface area contributed by atoms with Gasteiger partial charge in [0.15, 0.2) is 0 Å². The summed E-state index contributed by atoms with van der Waals surface area (Å²) in [6.07, 6.45) is 4.34. The third kappa shape index (κ3) is 3.30. The van der Waals surface area contributed by atoms with Crippen LogP contribution in [0, 0.1) is 16.0 Å². The van der Waals surface area contributed by atoms with Crippen molar-refractivity contribution in [3.05, 3.63) is 33.9 Å². The summed E-state index contributed by atoms with van der Waals surface area (Å²) >= 11 is 0. The van der Waals surface area contributed by atoms with Crippen LogP contribution in [0.15, 0.2) is 18.2 Å². The molecule has 2 heterocycles. The minimum atomic E-state index is -0.427. The third-order valence-electron chi connectivity index (χ3n) is 4.81. The number of rotatable bonds is 3. The summed E-state index contributed by atoms with van der Waals surface area (Å²) in [5, 5.41) is 11.1. The molecule has 3 rings (SSSR count). The Kier molecular flexibility index (Phi) is 4.50. The average Bonchev–Trinajstić information content (AvgIpc) is 3.08. The summed E-state index contributed by atoms with van der Waals surface area (Å²) in [5.41, 5.74) is 1.31. The highest BCUT2D eigenvalue weighted by Gasteiger charge is 2.27. The number of likely N-dealkylation sites (tertiary alicyclic amines) is 1. The summed E-state index contributed by atoms with van der Waals surface area (Å²) in [4.78, 5) is 27.7. The van der Waals surface area contributed by atoms with Crippen molar-refractivity contribution >= 4 is 17.3 Å². The van der Waals surface area contributed by atoms with Crippen LogP contribution in [0.25, 0.3) is 0 Å². The van der Waals surface area contributed by atoms with Gasteiger partial charge in [0.2, 0.25) is 0 Å². The van der Waals surface area contributed by atoms with E-state index in [-0.39, 0.29) is 11.6 Å². The third-order valence-corrected chi connectivity index (χ3v) is 4.81. The molecule has 0 saturated carbocycles. The molecular formula is C17H23N3O3. The first kappa shape index (κ1) is 15.8. The molecule has 6 heteroatoms. The van der Waals surface area contributed by atoms with Crippen molar-refractivity contribution in [2.75, 3.05) is 31.1 Å². The van der Waals surface area contributed by atoms with Crippen molar-refractivity contribution in [2.24, 2.45) is 5.92 Å². The number of anilines is 1. The van der Waals surface area contributed by atoms with Crippen LogP contribution in [0.3, 0.4) is 0 Å². The van der Waals surface area contributed by atoms with Gasteiger partial charge in [0.25, 0.3) is 11.6 Å². The first-order valence-electron chi connectivity index (χ1n) is 8.39. The number of nitro benzene ring substituents is 1. The van der Waals surface area contributed by atoms with E-state index in [2.05, 4.69) is 11.8 Å². The maximum absolute atomic E-state index is 13.0. The maximum Gasteiger partial charge on any atom is 0.270 e. The molecule has 2 saturated heterocycles. The largest absolute Gasteiger partial charge is 0.371 e. The number of hydrogen-bond donors (Lipinski definition) is 0. The van der Waals surface area contributed by atoms with Crippen molar-refractivity contribution < 1.29 is 9.72 Å². The van der Waals surface area contributed by atoms with Crippen molar-refractivity contribution in [1.82, 2.24) is 4.90 Å². The van der Waals surface area contributed by atoms with Crippen LogP contribution in [-0.2, 0) is 0 Å². The van der Waals surface area contributed by atoms with E-state index in [0.29, 0.717) is 11.5 Å². The number of nitrogens with zero attached hydrogens (tertiary/aromatic N) is 3. The Morgan fingerprint density at radius 3 is 2.61 bits per heavy atom. The highest BCUT2D eigenvalue weighted by atomic mass is 16.6. The molecular weight excluding hydrogens is 294 g/mol. The van der Waals surface area contributed by atoms with Crippen LogP contribution in [0.1, 0.15) is 43.0 Å². The van der Waals surface area contributed by atoms with Gasteiger partial charge >= 0.3 is 0 Å². The number of nitro groups is 1. The molecule has 0 aromatic heterocycles. The Balaban J connectivity index is 1.94. The van der Waals surface area contributed by atoms with Crippen LogP contribution < -0.4 is 4.90 Å². The van der Waals surface area contributed by atoms with Crippen LogP contribution in [0.2, 0.25) is 0 Å². The minimum absolute atomic E-state index is 0.0126. The lowest BCUT2D eigenvalue weighted by atomic mass is 9.99. The topological polar surface area (TPSA) is 66.7 Å². The van der Waals surface area contributed by atoms with Gasteiger partial charge in [-0.25, -0.2) is 0 Å². The fourth-order valence-electron chi connectivity index (χ4n) is 3.59. The molecule has 1 aromatic carbocycles. The molecule has 0 radical (unpaired) electrons. The summed E-state index contributed by atoms with van der Waals surface area (Å²) in [6.45, 7) is 5.45. The summed E-state index contributed by atoms with van der Waals surface area (Å²) in [7, 11) is 0. The quantitative estimate of drug-likeness (QED) is 0.635. The van der Waals surface area contributed by atoms with Gasteiger partial charge in [-0.05, 0) is 37.7 Å². The predicted octanol–water partition coefficient (Wildman–Crippen LogP) is 3.07. The van der Waals surface area contributed by atoms with Gasteiger partial charge in [0, 0.05) is 38.3 Å². The molecule has 6 nitrogen and oxygen atoms in total. The number of hydrogen-bond acceptors (Lipinski definition) is 4. The zero-order valence-corrected chi connectivity index (χ0v) is 13.5. The van der Waals surface area contributed by atoms with E-state index in [4.69, 9.17) is 0 Å². The first-order chi connectivity index (χ1) is 11.1. The molecule has 0 aliphatic carbocycles. The smallest absolute Gasteiger partial charge is 0.270 e. The number of piperidine rings is 1. The van der Waals surface area contributed by atoms with E-state index < -0.39 is 4.92 Å². The molecule has 2 aliphatic heterocycles. The van der Waals surface area contributed by atoms with E-state index in [1.807, 2.05) is 4.90 Å². The summed E-state index contributed by atoms with van der Waals surface area (Å²) in [6, 6.07) is 4.70. The molecule has 23 heavy (non-hydrogen) atoms. The molecule has 2 aliphatic rings. The standard InChI is InChI=1S/C17H23N3O3/c1-13-5-4-10-19(12-13)17(21)15-11-14(20(22)23)6-7-16(15)18-8-2-3-9-18/h6-7,11,13H,2-5,8-10,12H2,1H3. The van der Waals surface area contributed by atoms with Gasteiger partial charge in [0.05, 0.1) is 16.2 Å². The molecule has 2 fully saturated rings. The summed E-state index contributed by atoms with van der Waals surface area (Å²) < 4.78 is 0. The lowest BCUT2D eigenvalue weighted by Gasteiger charge is -2.32. The van der Waals surface area contributed by atoms with Gasteiger partial charge in [-0.3, -0.25) is 14.9 Å². The Labute approximate surface area is 136 Å². The molecule has 1 amide bonds. The number of amides is 1. The SMILES string of the molecule is CC1CCCN(C(=O)c2cc([N+](=O)[O-])ccc2N2CCCC2)C1. The number of non-ortho nitro benzene ring substituents is 1. The van der Waals surface area contributed by atoms with Crippen molar-refractivity contribution in [1.29, 1.82) is 0 Å². The molecule has 124 valence electrons. The van der Waals surface area contributed by atoms with Crippen LogP contribution in [-0.4, -0.2) is 41.9 Å². The lowest BCUT2D eigenvalue weighted by Crippen LogP contribution is -2.39. The zero-order valence-electron chi connectivity index (χ0n) is 13.5. The van der Waals surface area contributed by atoms with Gasteiger partial charge in [0.1, 0.15) is 0 Å². The molecule has 1 unspecified atom stereocenters. The Morgan fingerprint density at radius 2 is 1.96 bits per heavy atom. The fourth-order valence-corrected chi connectivity index (χ4v) is 3.59. The number of carbonyl (C=O) groups is 1. The normalized spacial score (nSPS) is 21.5. The molecule has 0 spiro atoms. The Hall–Kier alpha value is -2.11. The lowest BCUT2D eigenvalue weighted by molar-refractivity contribution is -0.384. The van der Waals surface area contributed by atoms with Crippen LogP contribution in [0.5, 0.6) is 0 Å². The van der Waals surface area contributed by atoms with Gasteiger partial charge in [-0.2, -0.15) is 0 Å². The molecule has 0 bridgehead atoms. The van der Waals surface area contributed by atoms with Crippen LogP contribution >= 0.6 is 0 Å². The van der Waals surface area contributed by atoms with E-state index >= 15 is 0 Å².